The SMILES string of the molecule is CCCCN1CCN(c2ccc(N3CC[C@@H](OC)C3)cc2C2CCC(C)(C)CC2)CC1.Cl. The third-order valence-electron chi connectivity index (χ3n) is 8.17. The van der Waals surface area contributed by atoms with Crippen LogP contribution in [0.25, 0.3) is 0 Å². The molecule has 0 aromatic heterocycles. The van der Waals surface area contributed by atoms with Gasteiger partial charge in [-0.15, -0.1) is 12.4 Å². The van der Waals surface area contributed by atoms with Crippen LogP contribution in [0.2, 0.25) is 0 Å². The molecule has 3 aliphatic rings. The number of halogens is 1. The number of ether oxygens (including phenoxy) is 1. The van der Waals surface area contributed by atoms with E-state index in [9.17, 15) is 0 Å². The zero-order valence-corrected chi connectivity index (χ0v) is 21.8. The minimum atomic E-state index is 0. The Bertz CT molecular complexity index is 707. The molecule has 2 heterocycles. The molecular weight excluding hydrogens is 418 g/mol. The third-order valence-corrected chi connectivity index (χ3v) is 8.17. The fourth-order valence-corrected chi connectivity index (χ4v) is 5.81. The summed E-state index contributed by atoms with van der Waals surface area (Å²) in [6.07, 6.45) is 9.52. The van der Waals surface area contributed by atoms with Crippen LogP contribution in [0.1, 0.15) is 77.2 Å². The number of anilines is 2. The van der Waals surface area contributed by atoms with Crippen LogP contribution in [0.3, 0.4) is 0 Å². The fraction of sp³-hybridized carbons (Fsp3) is 0.778. The summed E-state index contributed by atoms with van der Waals surface area (Å²) in [6, 6.07) is 7.39. The molecular formula is C27H46ClN3O. The van der Waals surface area contributed by atoms with E-state index in [1.807, 2.05) is 7.11 Å². The molecule has 3 fully saturated rings. The Morgan fingerprint density at radius 2 is 1.69 bits per heavy atom. The van der Waals surface area contributed by atoms with Crippen molar-refractivity contribution in [1.29, 1.82) is 0 Å². The first kappa shape index (κ1) is 25.6. The van der Waals surface area contributed by atoms with E-state index in [2.05, 4.69) is 53.7 Å². The van der Waals surface area contributed by atoms with Crippen molar-refractivity contribution in [1.82, 2.24) is 4.90 Å². The summed E-state index contributed by atoms with van der Waals surface area (Å²) >= 11 is 0. The van der Waals surface area contributed by atoms with E-state index in [-0.39, 0.29) is 12.4 Å². The molecule has 5 heteroatoms. The molecule has 0 spiro atoms. The molecule has 0 radical (unpaired) electrons. The number of nitrogens with zero attached hydrogens (tertiary/aromatic N) is 3. The molecule has 0 amide bonds. The Kier molecular flexibility index (Phi) is 9.17. The second-order valence-corrected chi connectivity index (χ2v) is 11.0. The van der Waals surface area contributed by atoms with E-state index in [4.69, 9.17) is 4.74 Å². The molecule has 182 valence electrons. The van der Waals surface area contributed by atoms with E-state index in [1.165, 1.54) is 82.6 Å². The van der Waals surface area contributed by atoms with Crippen LogP contribution in [-0.2, 0) is 4.74 Å². The van der Waals surface area contributed by atoms with Gasteiger partial charge in [-0.25, -0.2) is 0 Å². The fourth-order valence-electron chi connectivity index (χ4n) is 5.81. The van der Waals surface area contributed by atoms with Crippen LogP contribution in [-0.4, -0.2) is 63.9 Å². The van der Waals surface area contributed by atoms with Crippen LogP contribution in [0, 0.1) is 5.41 Å². The quantitative estimate of drug-likeness (QED) is 0.498. The molecule has 0 bridgehead atoms. The van der Waals surface area contributed by atoms with Crippen LogP contribution in [0.15, 0.2) is 18.2 Å². The van der Waals surface area contributed by atoms with E-state index in [0.717, 1.165) is 19.5 Å². The summed E-state index contributed by atoms with van der Waals surface area (Å²) < 4.78 is 5.63. The zero-order chi connectivity index (χ0) is 21.8. The highest BCUT2D eigenvalue weighted by molar-refractivity contribution is 5.85. The Morgan fingerprint density at radius 3 is 2.31 bits per heavy atom. The highest BCUT2D eigenvalue weighted by Gasteiger charge is 2.31. The lowest BCUT2D eigenvalue weighted by molar-refractivity contribution is 0.121. The van der Waals surface area contributed by atoms with E-state index in [1.54, 1.807) is 5.56 Å². The molecule has 32 heavy (non-hydrogen) atoms. The van der Waals surface area contributed by atoms with Gasteiger partial charge in [0.2, 0.25) is 0 Å². The smallest absolute Gasteiger partial charge is 0.0762 e. The lowest BCUT2D eigenvalue weighted by atomic mass is 9.71. The van der Waals surface area contributed by atoms with Gasteiger partial charge in [-0.3, -0.25) is 4.90 Å². The summed E-state index contributed by atoms with van der Waals surface area (Å²) in [7, 11) is 1.85. The predicted molar refractivity (Wildman–Crippen MR) is 140 cm³/mol. The van der Waals surface area contributed by atoms with Gasteiger partial charge in [0.05, 0.1) is 6.10 Å². The number of piperazine rings is 1. The van der Waals surface area contributed by atoms with Gasteiger partial charge in [0, 0.05) is 57.8 Å². The minimum Gasteiger partial charge on any atom is -0.380 e. The van der Waals surface area contributed by atoms with Gasteiger partial charge < -0.3 is 14.5 Å². The maximum Gasteiger partial charge on any atom is 0.0762 e. The largest absolute Gasteiger partial charge is 0.380 e. The number of hydrogen-bond donors (Lipinski definition) is 0. The van der Waals surface area contributed by atoms with E-state index in [0.29, 0.717) is 17.4 Å². The standard InChI is InChI=1S/C27H45N3O.ClH/c1-5-6-14-28-16-18-29(19-17-28)26-8-7-23(30-15-11-24(21-30)31-4)20-25(26)22-9-12-27(2,3)13-10-22;/h7-8,20,22,24H,5-6,9-19,21H2,1-4H3;1H/t24-;/m1./s1. The van der Waals surface area contributed by atoms with E-state index < -0.39 is 0 Å². The van der Waals surface area contributed by atoms with Gasteiger partial charge >= 0.3 is 0 Å². The van der Waals surface area contributed by atoms with Crippen LogP contribution in [0.5, 0.6) is 0 Å². The summed E-state index contributed by atoms with van der Waals surface area (Å²) in [5.41, 5.74) is 5.06. The number of hydrogen-bond acceptors (Lipinski definition) is 4. The highest BCUT2D eigenvalue weighted by atomic mass is 35.5. The average Bonchev–Trinajstić information content (AvgIpc) is 3.27. The summed E-state index contributed by atoms with van der Waals surface area (Å²) in [4.78, 5) is 7.88. The summed E-state index contributed by atoms with van der Waals surface area (Å²) in [5.74, 6) is 0.710. The average molecular weight is 464 g/mol. The van der Waals surface area contributed by atoms with Crippen molar-refractivity contribution in [2.24, 2.45) is 5.41 Å². The highest BCUT2D eigenvalue weighted by Crippen LogP contribution is 2.46. The second-order valence-electron chi connectivity index (χ2n) is 11.0. The van der Waals surface area contributed by atoms with Crippen LogP contribution >= 0.6 is 12.4 Å². The van der Waals surface area contributed by atoms with Crippen molar-refractivity contribution >= 4 is 23.8 Å². The van der Waals surface area contributed by atoms with Crippen molar-refractivity contribution in [2.75, 3.05) is 62.7 Å². The Labute approximate surface area is 203 Å². The lowest BCUT2D eigenvalue weighted by Crippen LogP contribution is -2.47. The van der Waals surface area contributed by atoms with Crippen molar-refractivity contribution in [3.05, 3.63) is 23.8 Å². The zero-order valence-electron chi connectivity index (χ0n) is 20.9. The molecule has 1 atom stereocenters. The minimum absolute atomic E-state index is 0. The molecule has 2 saturated heterocycles. The van der Waals surface area contributed by atoms with Crippen molar-refractivity contribution < 1.29 is 4.74 Å². The first-order valence-electron chi connectivity index (χ1n) is 12.9. The van der Waals surface area contributed by atoms with Crippen LogP contribution < -0.4 is 9.80 Å². The van der Waals surface area contributed by atoms with Gasteiger partial charge in [-0.1, -0.05) is 27.2 Å². The van der Waals surface area contributed by atoms with Crippen molar-refractivity contribution in [3.8, 4) is 0 Å². The first-order valence-corrected chi connectivity index (χ1v) is 12.9. The Balaban J connectivity index is 0.00000289. The third kappa shape index (κ3) is 6.12. The molecule has 1 aromatic rings. The maximum atomic E-state index is 5.63. The molecule has 1 saturated carbocycles. The van der Waals surface area contributed by atoms with Gasteiger partial charge in [0.1, 0.15) is 0 Å². The number of methoxy groups -OCH3 is 1. The van der Waals surface area contributed by atoms with Crippen molar-refractivity contribution in [3.63, 3.8) is 0 Å². The Morgan fingerprint density at radius 1 is 0.969 bits per heavy atom. The molecule has 1 aliphatic carbocycles. The molecule has 2 aliphatic heterocycles. The topological polar surface area (TPSA) is 19.0 Å². The molecule has 1 aromatic carbocycles. The summed E-state index contributed by atoms with van der Waals surface area (Å²) in [6.45, 7) is 15.4. The van der Waals surface area contributed by atoms with Crippen LogP contribution in [0.4, 0.5) is 11.4 Å². The Hall–Kier alpha value is -0.970. The number of benzene rings is 1. The number of rotatable bonds is 7. The van der Waals surface area contributed by atoms with Gasteiger partial charge in [0.25, 0.3) is 0 Å². The van der Waals surface area contributed by atoms with Crippen molar-refractivity contribution in [2.45, 2.75) is 77.7 Å². The number of unbranched alkanes of at least 4 members (excludes halogenated alkanes) is 1. The maximum absolute atomic E-state index is 5.63. The lowest BCUT2D eigenvalue weighted by Gasteiger charge is -2.40. The van der Waals surface area contributed by atoms with Gasteiger partial charge in [0.15, 0.2) is 0 Å². The molecule has 0 N–H and O–H groups in total. The molecule has 4 rings (SSSR count). The molecule has 4 nitrogen and oxygen atoms in total. The first-order chi connectivity index (χ1) is 15.0. The monoisotopic (exact) mass is 463 g/mol. The van der Waals surface area contributed by atoms with E-state index >= 15 is 0 Å². The second kappa shape index (κ2) is 11.4. The molecule has 0 unspecified atom stereocenters. The normalized spacial score (nSPS) is 24.6. The van der Waals surface area contributed by atoms with Gasteiger partial charge in [-0.05, 0) is 80.2 Å². The summed E-state index contributed by atoms with van der Waals surface area (Å²) in [5, 5.41) is 0. The predicted octanol–water partition coefficient (Wildman–Crippen LogP) is 5.94. The van der Waals surface area contributed by atoms with Gasteiger partial charge in [-0.2, -0.15) is 0 Å².